The van der Waals surface area contributed by atoms with Gasteiger partial charge in [0.2, 0.25) is 0 Å². The second kappa shape index (κ2) is 3.91. The monoisotopic (exact) mass is 216 g/mol. The molecule has 88 valence electrons. The number of rotatable bonds is 3. The largest absolute Gasteiger partial charge is 0.0988 e. The van der Waals surface area contributed by atoms with Crippen LogP contribution in [-0.2, 0) is 0 Å². The summed E-state index contributed by atoms with van der Waals surface area (Å²) in [6.07, 6.45) is 8.21. The van der Waals surface area contributed by atoms with E-state index in [9.17, 15) is 0 Å². The van der Waals surface area contributed by atoms with Crippen molar-refractivity contribution in [1.29, 1.82) is 0 Å². The molecule has 4 unspecified atom stereocenters. The van der Waals surface area contributed by atoms with E-state index in [2.05, 4.69) is 46.1 Å². The van der Waals surface area contributed by atoms with Crippen LogP contribution in [0.5, 0.6) is 0 Å². The van der Waals surface area contributed by atoms with Crippen LogP contribution in [0.15, 0.2) is 36.5 Å². The SMILES string of the molecule is C=CC1=C(C=C)C2(CC(C)C1C)CC2CC. The van der Waals surface area contributed by atoms with Gasteiger partial charge in [0, 0.05) is 0 Å². The third kappa shape index (κ3) is 1.43. The molecule has 2 aliphatic carbocycles. The summed E-state index contributed by atoms with van der Waals surface area (Å²) in [6.45, 7) is 15.1. The first-order valence-corrected chi connectivity index (χ1v) is 6.60. The molecule has 16 heavy (non-hydrogen) atoms. The molecule has 0 aromatic rings. The summed E-state index contributed by atoms with van der Waals surface area (Å²) >= 11 is 0. The van der Waals surface area contributed by atoms with Crippen LogP contribution >= 0.6 is 0 Å². The van der Waals surface area contributed by atoms with Crippen LogP contribution in [0.1, 0.15) is 40.0 Å². The Morgan fingerprint density at radius 1 is 1.25 bits per heavy atom. The van der Waals surface area contributed by atoms with Gasteiger partial charge in [-0.3, -0.25) is 0 Å². The molecule has 0 heterocycles. The lowest BCUT2D eigenvalue weighted by atomic mass is 9.68. The average molecular weight is 216 g/mol. The van der Waals surface area contributed by atoms with E-state index in [4.69, 9.17) is 0 Å². The first-order chi connectivity index (χ1) is 7.60. The van der Waals surface area contributed by atoms with Gasteiger partial charge in [0.25, 0.3) is 0 Å². The Bertz CT molecular complexity index is 347. The van der Waals surface area contributed by atoms with Crippen LogP contribution in [0, 0.1) is 23.2 Å². The summed E-state index contributed by atoms with van der Waals surface area (Å²) in [7, 11) is 0. The summed E-state index contributed by atoms with van der Waals surface area (Å²) in [5, 5.41) is 0. The molecule has 0 radical (unpaired) electrons. The van der Waals surface area contributed by atoms with Crippen molar-refractivity contribution in [2.75, 3.05) is 0 Å². The lowest BCUT2D eigenvalue weighted by Crippen LogP contribution is -2.26. The van der Waals surface area contributed by atoms with E-state index >= 15 is 0 Å². The quantitative estimate of drug-likeness (QED) is 0.639. The summed E-state index contributed by atoms with van der Waals surface area (Å²) < 4.78 is 0. The van der Waals surface area contributed by atoms with Gasteiger partial charge < -0.3 is 0 Å². The minimum absolute atomic E-state index is 0.478. The molecule has 0 saturated heterocycles. The summed E-state index contributed by atoms with van der Waals surface area (Å²) in [4.78, 5) is 0. The first kappa shape index (κ1) is 11.7. The maximum absolute atomic E-state index is 4.04. The smallest absolute Gasteiger partial charge is 0.00102 e. The Morgan fingerprint density at radius 2 is 1.94 bits per heavy atom. The van der Waals surface area contributed by atoms with E-state index in [1.807, 2.05) is 0 Å². The predicted octanol–water partition coefficient (Wildman–Crippen LogP) is 4.75. The van der Waals surface area contributed by atoms with Crippen molar-refractivity contribution in [2.24, 2.45) is 23.2 Å². The topological polar surface area (TPSA) is 0 Å². The van der Waals surface area contributed by atoms with Gasteiger partial charge in [-0.1, -0.05) is 52.5 Å². The third-order valence-corrected chi connectivity index (χ3v) is 5.03. The van der Waals surface area contributed by atoms with Crippen LogP contribution in [0.25, 0.3) is 0 Å². The van der Waals surface area contributed by atoms with Crippen LogP contribution in [0.2, 0.25) is 0 Å². The Kier molecular flexibility index (Phi) is 2.86. The normalized spacial score (nSPS) is 42.3. The molecule has 0 amide bonds. The van der Waals surface area contributed by atoms with Crippen molar-refractivity contribution in [3.05, 3.63) is 36.5 Å². The minimum atomic E-state index is 0.478. The van der Waals surface area contributed by atoms with Crippen LogP contribution in [-0.4, -0.2) is 0 Å². The molecule has 1 fully saturated rings. The molecule has 1 saturated carbocycles. The molecule has 4 atom stereocenters. The fourth-order valence-electron chi connectivity index (χ4n) is 3.81. The second-order valence-corrected chi connectivity index (χ2v) is 5.71. The van der Waals surface area contributed by atoms with E-state index in [0.717, 1.165) is 11.8 Å². The predicted molar refractivity (Wildman–Crippen MR) is 71.2 cm³/mol. The summed E-state index contributed by atoms with van der Waals surface area (Å²) in [6, 6.07) is 0. The highest BCUT2D eigenvalue weighted by molar-refractivity contribution is 5.45. The molecule has 0 aromatic carbocycles. The molecule has 0 bridgehead atoms. The molecule has 0 heteroatoms. The zero-order valence-corrected chi connectivity index (χ0v) is 10.9. The summed E-state index contributed by atoms with van der Waals surface area (Å²) in [5.74, 6) is 2.33. The van der Waals surface area contributed by atoms with Gasteiger partial charge in [0.05, 0.1) is 0 Å². The van der Waals surface area contributed by atoms with Crippen molar-refractivity contribution in [1.82, 2.24) is 0 Å². The van der Waals surface area contributed by atoms with Crippen molar-refractivity contribution in [2.45, 2.75) is 40.0 Å². The Morgan fingerprint density at radius 3 is 2.38 bits per heavy atom. The van der Waals surface area contributed by atoms with Crippen molar-refractivity contribution >= 4 is 0 Å². The standard InChI is InChI=1S/C16H24/c1-6-13-10-16(13)9-11(4)12(5)14(7-2)15(16)8-3/h7-8,11-13H,2-3,6,9-10H2,1,4-5H3. The van der Waals surface area contributed by atoms with Crippen molar-refractivity contribution in [3.8, 4) is 0 Å². The van der Waals surface area contributed by atoms with E-state index in [1.54, 1.807) is 0 Å². The number of hydrogen-bond acceptors (Lipinski definition) is 0. The first-order valence-electron chi connectivity index (χ1n) is 6.60. The molecule has 1 spiro atoms. The van der Waals surface area contributed by atoms with Crippen LogP contribution in [0.4, 0.5) is 0 Å². The highest BCUT2D eigenvalue weighted by Crippen LogP contribution is 2.66. The Labute approximate surface area is 100 Å². The molecule has 2 aliphatic rings. The molecule has 2 rings (SSSR count). The maximum atomic E-state index is 4.04. The second-order valence-electron chi connectivity index (χ2n) is 5.71. The van der Waals surface area contributed by atoms with Crippen molar-refractivity contribution < 1.29 is 0 Å². The van der Waals surface area contributed by atoms with E-state index < -0.39 is 0 Å². The Hall–Kier alpha value is -0.780. The highest BCUT2D eigenvalue weighted by Gasteiger charge is 2.57. The van der Waals surface area contributed by atoms with Crippen LogP contribution < -0.4 is 0 Å². The molecular formula is C16H24. The van der Waals surface area contributed by atoms with Gasteiger partial charge in [0.15, 0.2) is 0 Å². The number of hydrogen-bond donors (Lipinski definition) is 0. The van der Waals surface area contributed by atoms with Gasteiger partial charge in [-0.15, -0.1) is 0 Å². The average Bonchev–Trinajstić information content (AvgIpc) is 2.97. The Balaban J connectivity index is 2.45. The fraction of sp³-hybridized carbons (Fsp3) is 0.625. The molecule has 0 nitrogen and oxygen atoms in total. The van der Waals surface area contributed by atoms with E-state index in [0.29, 0.717) is 11.3 Å². The minimum Gasteiger partial charge on any atom is -0.0988 e. The molecule has 0 N–H and O–H groups in total. The lowest BCUT2D eigenvalue weighted by Gasteiger charge is -2.36. The fourth-order valence-corrected chi connectivity index (χ4v) is 3.81. The zero-order valence-electron chi connectivity index (χ0n) is 10.9. The van der Waals surface area contributed by atoms with Gasteiger partial charge in [0.1, 0.15) is 0 Å². The van der Waals surface area contributed by atoms with Crippen molar-refractivity contribution in [3.63, 3.8) is 0 Å². The molecular weight excluding hydrogens is 192 g/mol. The lowest BCUT2D eigenvalue weighted by molar-refractivity contribution is 0.299. The number of allylic oxidation sites excluding steroid dienone is 4. The van der Waals surface area contributed by atoms with Gasteiger partial charge in [-0.05, 0) is 47.2 Å². The highest BCUT2D eigenvalue weighted by atomic mass is 14.6. The van der Waals surface area contributed by atoms with Crippen LogP contribution in [0.3, 0.4) is 0 Å². The molecule has 0 aromatic heterocycles. The zero-order chi connectivity index (χ0) is 11.9. The molecule has 0 aliphatic heterocycles. The van der Waals surface area contributed by atoms with Gasteiger partial charge in [-0.25, -0.2) is 0 Å². The maximum Gasteiger partial charge on any atom is -0.00102 e. The van der Waals surface area contributed by atoms with E-state index in [1.165, 1.54) is 30.4 Å². The van der Waals surface area contributed by atoms with Gasteiger partial charge >= 0.3 is 0 Å². The van der Waals surface area contributed by atoms with Gasteiger partial charge in [-0.2, -0.15) is 0 Å². The summed E-state index contributed by atoms with van der Waals surface area (Å²) in [5.41, 5.74) is 3.45. The third-order valence-electron chi connectivity index (χ3n) is 5.03. The van der Waals surface area contributed by atoms with E-state index in [-0.39, 0.29) is 0 Å².